The minimum atomic E-state index is -3.71. The van der Waals surface area contributed by atoms with Gasteiger partial charge in [-0.05, 0) is 12.8 Å². The van der Waals surface area contributed by atoms with Crippen LogP contribution in [0, 0.1) is 0 Å². The fraction of sp³-hybridized carbons (Fsp3) is 0.769. The number of hydrogen-bond acceptors (Lipinski definition) is 5. The van der Waals surface area contributed by atoms with Crippen LogP contribution in [0.1, 0.15) is 25.7 Å². The van der Waals surface area contributed by atoms with Gasteiger partial charge in [-0.15, -0.1) is 0 Å². The number of hydrogen-bond donors (Lipinski definition) is 1. The number of aromatic nitrogens is 2. The van der Waals surface area contributed by atoms with Crippen molar-refractivity contribution in [1.29, 1.82) is 0 Å². The summed E-state index contributed by atoms with van der Waals surface area (Å²) in [5.74, 6) is 0. The topological polar surface area (TPSA) is 84.7 Å². The first-order valence-corrected chi connectivity index (χ1v) is 8.48. The summed E-state index contributed by atoms with van der Waals surface area (Å²) in [6.07, 6.45) is 4.88. The second-order valence-corrected chi connectivity index (χ2v) is 7.46. The first-order chi connectivity index (χ1) is 9.87. The maximum Gasteiger partial charge on any atom is 0.262 e. The standard InChI is InChI=1S/C13H23N3O4S/c1-15-8-12(14-9-15)21(18,19)16(2)10-6-4-5-7-11(20-3)13(10)17/h8-11,13,17H,4-7H2,1-3H3/t10-,11-,13-/m1/s1. The maximum atomic E-state index is 12.6. The molecular formula is C13H23N3O4S. The highest BCUT2D eigenvalue weighted by Gasteiger charge is 2.38. The Bertz CT molecular complexity index is 572. The van der Waals surface area contributed by atoms with E-state index >= 15 is 0 Å². The second kappa shape index (κ2) is 6.43. The molecule has 0 bridgehead atoms. The van der Waals surface area contributed by atoms with Gasteiger partial charge in [0.25, 0.3) is 10.0 Å². The highest BCUT2D eigenvalue weighted by atomic mass is 32.2. The average molecular weight is 317 g/mol. The summed E-state index contributed by atoms with van der Waals surface area (Å²) >= 11 is 0. The Morgan fingerprint density at radius 2 is 2.10 bits per heavy atom. The molecule has 0 unspecified atom stereocenters. The Morgan fingerprint density at radius 1 is 1.43 bits per heavy atom. The SMILES string of the molecule is CO[C@@H]1CCCC[C@@H](N(C)S(=O)(=O)c2cn(C)cn2)[C@H]1O. The fourth-order valence-corrected chi connectivity index (χ4v) is 4.15. The fourth-order valence-electron chi connectivity index (χ4n) is 2.79. The molecule has 1 fully saturated rings. The van der Waals surface area contributed by atoms with Gasteiger partial charge in [-0.3, -0.25) is 0 Å². The van der Waals surface area contributed by atoms with E-state index in [-0.39, 0.29) is 11.1 Å². The van der Waals surface area contributed by atoms with Crippen LogP contribution in [0.15, 0.2) is 17.6 Å². The van der Waals surface area contributed by atoms with Crippen molar-refractivity contribution in [3.05, 3.63) is 12.5 Å². The van der Waals surface area contributed by atoms with Gasteiger partial charge >= 0.3 is 0 Å². The highest BCUT2D eigenvalue weighted by molar-refractivity contribution is 7.89. The minimum absolute atomic E-state index is 0.00193. The Labute approximate surface area is 125 Å². The number of nitrogens with zero attached hydrogens (tertiary/aromatic N) is 3. The molecule has 0 saturated heterocycles. The van der Waals surface area contributed by atoms with Crippen LogP contribution in [0.2, 0.25) is 0 Å². The van der Waals surface area contributed by atoms with Crippen molar-refractivity contribution in [3.8, 4) is 0 Å². The lowest BCUT2D eigenvalue weighted by molar-refractivity contribution is -0.0389. The summed E-state index contributed by atoms with van der Waals surface area (Å²) in [5.41, 5.74) is 0. The Morgan fingerprint density at radius 3 is 2.67 bits per heavy atom. The lowest BCUT2D eigenvalue weighted by atomic mass is 10.0. The van der Waals surface area contributed by atoms with Crippen molar-refractivity contribution in [3.63, 3.8) is 0 Å². The van der Waals surface area contributed by atoms with E-state index in [0.717, 1.165) is 19.3 Å². The predicted octanol–water partition coefficient (Wildman–Crippen LogP) is 0.359. The third-order valence-corrected chi connectivity index (χ3v) is 5.88. The molecule has 2 rings (SSSR count). The third kappa shape index (κ3) is 3.28. The number of aliphatic hydroxyl groups is 1. The Kier molecular flexibility index (Phi) is 5.03. The molecule has 0 aromatic carbocycles. The zero-order valence-electron chi connectivity index (χ0n) is 12.6. The summed E-state index contributed by atoms with van der Waals surface area (Å²) in [4.78, 5) is 3.91. The van der Waals surface area contributed by atoms with Crippen molar-refractivity contribution in [2.24, 2.45) is 7.05 Å². The molecule has 0 spiro atoms. The van der Waals surface area contributed by atoms with Crippen LogP contribution in [0.25, 0.3) is 0 Å². The van der Waals surface area contributed by atoms with E-state index in [0.29, 0.717) is 6.42 Å². The molecule has 21 heavy (non-hydrogen) atoms. The number of aliphatic hydroxyl groups excluding tert-OH is 1. The number of methoxy groups -OCH3 is 1. The largest absolute Gasteiger partial charge is 0.389 e. The van der Waals surface area contributed by atoms with E-state index in [4.69, 9.17) is 4.74 Å². The van der Waals surface area contributed by atoms with E-state index in [1.165, 1.54) is 23.9 Å². The predicted molar refractivity (Wildman–Crippen MR) is 77.2 cm³/mol. The van der Waals surface area contributed by atoms with Crippen molar-refractivity contribution in [1.82, 2.24) is 13.9 Å². The lowest BCUT2D eigenvalue weighted by Crippen LogP contribution is -2.48. The smallest absolute Gasteiger partial charge is 0.262 e. The van der Waals surface area contributed by atoms with Gasteiger partial charge in [0.1, 0.15) is 0 Å². The molecule has 1 saturated carbocycles. The summed E-state index contributed by atoms with van der Waals surface area (Å²) in [6.45, 7) is 0. The van der Waals surface area contributed by atoms with Crippen LogP contribution < -0.4 is 0 Å². The van der Waals surface area contributed by atoms with Crippen LogP contribution in [0.4, 0.5) is 0 Å². The monoisotopic (exact) mass is 317 g/mol. The molecule has 1 heterocycles. The first kappa shape index (κ1) is 16.4. The Balaban J connectivity index is 2.26. The molecule has 1 aromatic rings. The van der Waals surface area contributed by atoms with E-state index in [2.05, 4.69) is 4.98 Å². The van der Waals surface area contributed by atoms with Crippen LogP contribution in [0.3, 0.4) is 0 Å². The second-order valence-electron chi connectivity index (χ2n) is 5.52. The number of likely N-dealkylation sites (N-methyl/N-ethyl adjacent to an activating group) is 1. The Hall–Kier alpha value is -0.960. The zero-order valence-corrected chi connectivity index (χ0v) is 13.5. The molecule has 120 valence electrons. The summed E-state index contributed by atoms with van der Waals surface area (Å²) in [7, 11) is 1.04. The van der Waals surface area contributed by atoms with Gasteiger partial charge in [-0.2, -0.15) is 4.31 Å². The number of ether oxygens (including phenoxy) is 1. The number of rotatable bonds is 4. The highest BCUT2D eigenvalue weighted by Crippen LogP contribution is 2.27. The maximum absolute atomic E-state index is 12.6. The number of sulfonamides is 1. The molecular weight excluding hydrogens is 294 g/mol. The normalized spacial score (nSPS) is 27.8. The number of aryl methyl sites for hydroxylation is 1. The summed E-state index contributed by atoms with van der Waals surface area (Å²) in [6, 6.07) is -0.496. The quantitative estimate of drug-likeness (QED) is 0.811. The first-order valence-electron chi connectivity index (χ1n) is 7.04. The molecule has 7 nitrogen and oxygen atoms in total. The van der Waals surface area contributed by atoms with E-state index in [1.807, 2.05) is 0 Å². The number of imidazole rings is 1. The molecule has 1 aliphatic rings. The van der Waals surface area contributed by atoms with Crippen molar-refractivity contribution >= 4 is 10.0 Å². The van der Waals surface area contributed by atoms with Gasteiger partial charge in [-0.25, -0.2) is 13.4 Å². The van der Waals surface area contributed by atoms with E-state index in [9.17, 15) is 13.5 Å². The van der Waals surface area contributed by atoms with Crippen molar-refractivity contribution < 1.29 is 18.3 Å². The summed E-state index contributed by atoms with van der Waals surface area (Å²) in [5, 5.41) is 10.4. The molecule has 3 atom stereocenters. The van der Waals surface area contributed by atoms with Gasteiger partial charge in [0, 0.05) is 27.4 Å². The average Bonchev–Trinajstić information content (AvgIpc) is 2.80. The molecule has 0 amide bonds. The zero-order chi connectivity index (χ0) is 15.6. The van der Waals surface area contributed by atoms with Crippen LogP contribution >= 0.6 is 0 Å². The molecule has 1 N–H and O–H groups in total. The van der Waals surface area contributed by atoms with Gasteiger partial charge < -0.3 is 14.4 Å². The molecule has 8 heteroatoms. The molecule has 0 radical (unpaired) electrons. The minimum Gasteiger partial charge on any atom is -0.389 e. The van der Waals surface area contributed by atoms with Gasteiger partial charge in [-0.1, -0.05) is 12.8 Å². The van der Waals surface area contributed by atoms with Crippen molar-refractivity contribution in [2.75, 3.05) is 14.2 Å². The van der Waals surface area contributed by atoms with Gasteiger partial charge in [0.15, 0.2) is 5.03 Å². The third-order valence-electron chi connectivity index (χ3n) is 4.11. The van der Waals surface area contributed by atoms with Crippen LogP contribution in [0.5, 0.6) is 0 Å². The molecule has 1 aromatic heterocycles. The molecule has 1 aliphatic carbocycles. The van der Waals surface area contributed by atoms with E-state index in [1.54, 1.807) is 18.7 Å². The van der Waals surface area contributed by atoms with E-state index < -0.39 is 22.2 Å². The van der Waals surface area contributed by atoms with Crippen LogP contribution in [-0.2, 0) is 21.8 Å². The summed E-state index contributed by atoms with van der Waals surface area (Å²) < 4.78 is 33.3. The molecule has 0 aliphatic heterocycles. The van der Waals surface area contributed by atoms with Crippen molar-refractivity contribution in [2.45, 2.75) is 49.0 Å². The van der Waals surface area contributed by atoms with Gasteiger partial charge in [0.2, 0.25) is 0 Å². The van der Waals surface area contributed by atoms with Crippen LogP contribution in [-0.4, -0.2) is 59.8 Å². The van der Waals surface area contributed by atoms with Gasteiger partial charge in [0.05, 0.1) is 24.6 Å². The lowest BCUT2D eigenvalue weighted by Gasteiger charge is -2.32.